The van der Waals surface area contributed by atoms with Gasteiger partial charge in [-0.3, -0.25) is 0 Å². The molecule has 0 amide bonds. The minimum absolute atomic E-state index is 0.0498. The van der Waals surface area contributed by atoms with Crippen LogP contribution in [-0.2, 0) is 0 Å². The molecule has 0 bridgehead atoms. The molecule has 4 aromatic rings. The Morgan fingerprint density at radius 3 is 2.69 bits per heavy atom. The van der Waals surface area contributed by atoms with Crippen LogP contribution in [0.15, 0.2) is 70.3 Å². The molecule has 128 valence electrons. The van der Waals surface area contributed by atoms with E-state index < -0.39 is 0 Å². The average molecular weight is 428 g/mol. The van der Waals surface area contributed by atoms with Crippen molar-refractivity contribution in [2.24, 2.45) is 4.99 Å². The molecule has 0 spiro atoms. The lowest BCUT2D eigenvalue weighted by Crippen LogP contribution is -2.03. The number of hydrogen-bond acceptors (Lipinski definition) is 4. The molecule has 0 aliphatic rings. The van der Waals surface area contributed by atoms with Gasteiger partial charge in [-0.05, 0) is 18.2 Å². The first-order chi connectivity index (χ1) is 12.6. The number of aromatic nitrogens is 3. The van der Waals surface area contributed by atoms with Crippen LogP contribution in [0.4, 0.5) is 5.69 Å². The topological polar surface area (TPSA) is 74.2 Å². The molecule has 4 rings (SSSR count). The van der Waals surface area contributed by atoms with Gasteiger partial charge in [-0.25, -0.2) is 4.99 Å². The van der Waals surface area contributed by atoms with Gasteiger partial charge in [0.05, 0.1) is 23.2 Å². The van der Waals surface area contributed by atoms with E-state index >= 15 is 0 Å². The smallest absolute Gasteiger partial charge is 0.199 e. The van der Waals surface area contributed by atoms with E-state index in [2.05, 4.69) is 31.1 Å². The second kappa shape index (κ2) is 6.90. The molecule has 0 aliphatic carbocycles. The molecular weight excluding hydrogens is 416 g/mol. The Morgan fingerprint density at radius 1 is 1.12 bits per heavy atom. The predicted molar refractivity (Wildman–Crippen MR) is 106 cm³/mol. The minimum atomic E-state index is 0.0498. The molecule has 0 radical (unpaired) electrons. The van der Waals surface area contributed by atoms with E-state index in [1.165, 1.54) is 6.20 Å². The van der Waals surface area contributed by atoms with Crippen molar-refractivity contribution in [1.82, 2.24) is 15.2 Å². The maximum Gasteiger partial charge on any atom is 0.199 e. The normalized spacial score (nSPS) is 11.8. The summed E-state index contributed by atoms with van der Waals surface area (Å²) in [5.41, 5.74) is 3.44. The summed E-state index contributed by atoms with van der Waals surface area (Å²) in [5.74, 6) is 0.0498. The van der Waals surface area contributed by atoms with Crippen molar-refractivity contribution in [3.63, 3.8) is 0 Å². The Labute approximate surface area is 162 Å². The molecule has 2 aromatic carbocycles. The van der Waals surface area contributed by atoms with Crippen molar-refractivity contribution in [3.8, 4) is 5.88 Å². The number of nitrogens with zero attached hydrogens (tertiary/aromatic N) is 3. The highest BCUT2D eigenvalue weighted by Crippen LogP contribution is 2.33. The largest absolute Gasteiger partial charge is 0.494 e. The van der Waals surface area contributed by atoms with Crippen LogP contribution in [0.25, 0.3) is 10.9 Å². The average Bonchev–Trinajstić information content (AvgIpc) is 2.95. The number of aromatic hydroxyl groups is 1. The van der Waals surface area contributed by atoms with Gasteiger partial charge in [0, 0.05) is 27.0 Å². The first kappa shape index (κ1) is 16.8. The summed E-state index contributed by atoms with van der Waals surface area (Å²) in [6.45, 7) is 0. The third kappa shape index (κ3) is 3.21. The maximum absolute atomic E-state index is 10.6. The van der Waals surface area contributed by atoms with Gasteiger partial charge in [0.25, 0.3) is 0 Å². The van der Waals surface area contributed by atoms with Gasteiger partial charge in [0.15, 0.2) is 11.0 Å². The van der Waals surface area contributed by atoms with Gasteiger partial charge in [-0.15, -0.1) is 5.10 Å². The fourth-order valence-corrected chi connectivity index (χ4v) is 3.29. The van der Waals surface area contributed by atoms with E-state index in [1.807, 2.05) is 48.5 Å². The van der Waals surface area contributed by atoms with E-state index in [9.17, 15) is 5.11 Å². The number of halogens is 2. The van der Waals surface area contributed by atoms with Crippen molar-refractivity contribution in [2.45, 2.75) is 0 Å². The molecule has 2 N–H and O–H groups in total. The van der Waals surface area contributed by atoms with Crippen LogP contribution in [0.3, 0.4) is 0 Å². The van der Waals surface area contributed by atoms with Crippen molar-refractivity contribution < 1.29 is 5.11 Å². The van der Waals surface area contributed by atoms with Crippen LogP contribution < -0.4 is 0 Å². The van der Waals surface area contributed by atoms with Gasteiger partial charge in [-0.1, -0.05) is 57.9 Å². The summed E-state index contributed by atoms with van der Waals surface area (Å²) in [6, 6.07) is 17.0. The van der Waals surface area contributed by atoms with Crippen LogP contribution in [0.1, 0.15) is 11.1 Å². The molecule has 0 unspecified atom stereocenters. The first-order valence-electron chi connectivity index (χ1n) is 7.75. The van der Waals surface area contributed by atoms with E-state index in [0.29, 0.717) is 17.0 Å². The third-order valence-electron chi connectivity index (χ3n) is 3.88. The van der Waals surface area contributed by atoms with Crippen molar-refractivity contribution in [2.75, 3.05) is 0 Å². The monoisotopic (exact) mass is 426 g/mol. The Hall–Kier alpha value is -2.70. The summed E-state index contributed by atoms with van der Waals surface area (Å²) in [7, 11) is 0. The van der Waals surface area contributed by atoms with Crippen LogP contribution >= 0.6 is 27.5 Å². The highest BCUT2D eigenvalue weighted by Gasteiger charge is 2.19. The summed E-state index contributed by atoms with van der Waals surface area (Å²) in [4.78, 5) is 7.71. The molecule has 0 saturated heterocycles. The molecule has 7 heteroatoms. The Balaban J connectivity index is 2.01. The Kier molecular flexibility index (Phi) is 4.44. The molecule has 0 saturated carbocycles. The lowest BCUT2D eigenvalue weighted by molar-refractivity contribution is 0.457. The quantitative estimate of drug-likeness (QED) is 0.439. The summed E-state index contributed by atoms with van der Waals surface area (Å²) >= 11 is 9.43. The number of hydrogen-bond donors (Lipinski definition) is 2. The molecule has 0 atom stereocenters. The zero-order valence-corrected chi connectivity index (χ0v) is 15.7. The summed E-state index contributed by atoms with van der Waals surface area (Å²) in [5, 5.41) is 19.3. The van der Waals surface area contributed by atoms with Gasteiger partial charge in [0.2, 0.25) is 0 Å². The molecule has 0 aliphatic heterocycles. The SMILES string of the molecule is Oc1[nH]c2ccc(Br)cc2c1C(=Nc1cnnc(Cl)c1)c1ccccc1. The number of benzene rings is 2. The van der Waals surface area contributed by atoms with E-state index in [4.69, 9.17) is 16.6 Å². The third-order valence-corrected chi connectivity index (χ3v) is 4.55. The lowest BCUT2D eigenvalue weighted by Gasteiger charge is -2.08. The van der Waals surface area contributed by atoms with Crippen LogP contribution in [-0.4, -0.2) is 26.0 Å². The standard InChI is InChI=1S/C19H12BrClN4O/c20-12-6-7-15-14(8-12)17(19(26)24-15)18(11-4-2-1-3-5-11)23-13-9-16(21)25-22-10-13/h1-10,24,26H. The zero-order valence-electron chi connectivity index (χ0n) is 13.3. The fraction of sp³-hybridized carbons (Fsp3) is 0. The molecule has 26 heavy (non-hydrogen) atoms. The van der Waals surface area contributed by atoms with Crippen LogP contribution in [0.5, 0.6) is 5.88 Å². The predicted octanol–water partition coefficient (Wildman–Crippen LogP) is 5.25. The van der Waals surface area contributed by atoms with E-state index in [1.54, 1.807) is 6.07 Å². The van der Waals surface area contributed by atoms with Crippen LogP contribution in [0.2, 0.25) is 5.15 Å². The van der Waals surface area contributed by atoms with Crippen LogP contribution in [0, 0.1) is 0 Å². The fourth-order valence-electron chi connectivity index (χ4n) is 2.77. The first-order valence-corrected chi connectivity index (χ1v) is 8.92. The van der Waals surface area contributed by atoms with E-state index in [0.717, 1.165) is 20.9 Å². The summed E-state index contributed by atoms with van der Waals surface area (Å²) < 4.78 is 0.909. The maximum atomic E-state index is 10.6. The number of fused-ring (bicyclic) bond motifs is 1. The highest BCUT2D eigenvalue weighted by atomic mass is 79.9. The highest BCUT2D eigenvalue weighted by molar-refractivity contribution is 9.10. The number of H-pyrrole nitrogens is 1. The van der Waals surface area contributed by atoms with Crippen molar-refractivity contribution in [1.29, 1.82) is 0 Å². The van der Waals surface area contributed by atoms with Crippen molar-refractivity contribution >= 4 is 49.8 Å². The second-order valence-corrected chi connectivity index (χ2v) is 6.90. The second-order valence-electron chi connectivity index (χ2n) is 5.60. The van der Waals surface area contributed by atoms with Gasteiger partial charge in [-0.2, -0.15) is 5.10 Å². The van der Waals surface area contributed by atoms with Gasteiger partial charge in [0.1, 0.15) is 0 Å². The van der Waals surface area contributed by atoms with Gasteiger partial charge < -0.3 is 10.1 Å². The molecule has 2 aromatic heterocycles. The Bertz CT molecular complexity index is 1130. The number of aliphatic imine (C=N–C) groups is 1. The minimum Gasteiger partial charge on any atom is -0.494 e. The van der Waals surface area contributed by atoms with Crippen molar-refractivity contribution in [3.05, 3.63) is 81.5 Å². The molecule has 0 fully saturated rings. The van der Waals surface area contributed by atoms with Gasteiger partial charge >= 0.3 is 0 Å². The van der Waals surface area contributed by atoms with E-state index in [-0.39, 0.29) is 11.0 Å². The summed E-state index contributed by atoms with van der Waals surface area (Å²) in [6.07, 6.45) is 1.52. The lowest BCUT2D eigenvalue weighted by atomic mass is 10.0. The molecule has 2 heterocycles. The Morgan fingerprint density at radius 2 is 1.92 bits per heavy atom. The number of nitrogens with one attached hydrogen (secondary N) is 1. The molecule has 5 nitrogen and oxygen atoms in total. The number of rotatable bonds is 3. The molecular formula is C19H12BrClN4O. The zero-order chi connectivity index (χ0) is 18.1. The number of aromatic amines is 1.